The summed E-state index contributed by atoms with van der Waals surface area (Å²) in [6.07, 6.45) is 6.23. The van der Waals surface area contributed by atoms with Crippen LogP contribution >= 0.6 is 11.8 Å². The maximum absolute atomic E-state index is 13.1. The zero-order valence-corrected chi connectivity index (χ0v) is 22.6. The molecule has 8 heteroatoms. The van der Waals surface area contributed by atoms with Crippen molar-refractivity contribution in [3.8, 4) is 11.5 Å². The average Bonchev–Trinajstić information content (AvgIpc) is 3.77. The van der Waals surface area contributed by atoms with Crippen LogP contribution in [0.4, 0.5) is 5.69 Å². The van der Waals surface area contributed by atoms with Gasteiger partial charge in [0.2, 0.25) is 0 Å². The van der Waals surface area contributed by atoms with Crippen molar-refractivity contribution in [2.75, 3.05) is 36.1 Å². The van der Waals surface area contributed by atoms with Gasteiger partial charge in [-0.25, -0.2) is 0 Å². The third-order valence-electron chi connectivity index (χ3n) is 8.10. The van der Waals surface area contributed by atoms with Gasteiger partial charge in [0.25, 0.3) is 5.91 Å². The van der Waals surface area contributed by atoms with Gasteiger partial charge in [-0.2, -0.15) is 11.8 Å². The number of phenolic OH excluding ortho intramolecular Hbond substituents is 1. The Labute approximate surface area is 228 Å². The first-order valence-corrected chi connectivity index (χ1v) is 15.0. The molecule has 38 heavy (non-hydrogen) atoms. The van der Waals surface area contributed by atoms with Crippen molar-refractivity contribution in [3.05, 3.63) is 53.6 Å². The van der Waals surface area contributed by atoms with Crippen LogP contribution in [0.15, 0.2) is 42.5 Å². The number of anilines is 1. The lowest BCUT2D eigenvalue weighted by molar-refractivity contribution is -0.137. The highest BCUT2D eigenvalue weighted by molar-refractivity contribution is 7.99. The van der Waals surface area contributed by atoms with Crippen LogP contribution in [-0.2, 0) is 4.79 Å². The Morgan fingerprint density at radius 2 is 1.79 bits per heavy atom. The highest BCUT2D eigenvalue weighted by atomic mass is 32.2. The molecular formula is C30H38N2O5S. The normalized spacial score (nSPS) is 19.6. The standard InChI is InChI=1S/C30H38N2O5S/c33-24-6-7-26(30(36)31-23-10-14-38-15-11-23)28(17-24)32-12-8-20(9-13-32)19-37-25-3-1-2-22(16-25)27(18-29(34)35)21-4-5-21/h1-3,6-7,16-17,20-21,23,27,33H,4-5,8-15,18-19H2,(H,31,36)(H,34,35). The van der Waals surface area contributed by atoms with E-state index in [2.05, 4.69) is 10.2 Å². The SMILES string of the molecule is O=C(O)CC(c1cccc(OCC2CCN(c3cc(O)ccc3C(=O)NC3CCSCC3)CC2)c1)C1CC1. The molecule has 3 fully saturated rings. The van der Waals surface area contributed by atoms with Crippen molar-refractivity contribution in [2.45, 2.75) is 56.9 Å². The van der Waals surface area contributed by atoms with E-state index in [0.29, 0.717) is 24.0 Å². The summed E-state index contributed by atoms with van der Waals surface area (Å²) in [5.41, 5.74) is 2.48. The van der Waals surface area contributed by atoms with Crippen LogP contribution in [-0.4, -0.2) is 59.3 Å². The number of aromatic hydroxyl groups is 1. The average molecular weight is 539 g/mol. The summed E-state index contributed by atoms with van der Waals surface area (Å²) in [6, 6.07) is 13.2. The monoisotopic (exact) mass is 538 g/mol. The van der Waals surface area contributed by atoms with Crippen molar-refractivity contribution in [1.82, 2.24) is 5.32 Å². The Balaban J connectivity index is 1.16. The highest BCUT2D eigenvalue weighted by Gasteiger charge is 2.34. The van der Waals surface area contributed by atoms with Crippen LogP contribution in [0.5, 0.6) is 11.5 Å². The minimum Gasteiger partial charge on any atom is -0.508 e. The van der Waals surface area contributed by atoms with E-state index in [1.807, 2.05) is 36.0 Å². The van der Waals surface area contributed by atoms with E-state index >= 15 is 0 Å². The van der Waals surface area contributed by atoms with Crippen LogP contribution in [0.2, 0.25) is 0 Å². The summed E-state index contributed by atoms with van der Waals surface area (Å²) >= 11 is 1.94. The van der Waals surface area contributed by atoms with Gasteiger partial charge in [0.1, 0.15) is 11.5 Å². The number of carbonyl (C=O) groups is 2. The number of benzene rings is 2. The Morgan fingerprint density at radius 3 is 2.50 bits per heavy atom. The van der Waals surface area contributed by atoms with Crippen molar-refractivity contribution < 1.29 is 24.5 Å². The van der Waals surface area contributed by atoms with E-state index in [9.17, 15) is 19.8 Å². The first-order chi connectivity index (χ1) is 18.5. The number of piperidine rings is 1. The first-order valence-electron chi connectivity index (χ1n) is 13.9. The van der Waals surface area contributed by atoms with Gasteiger partial charge >= 0.3 is 5.97 Å². The van der Waals surface area contributed by atoms with Crippen LogP contribution in [0.1, 0.15) is 66.8 Å². The van der Waals surface area contributed by atoms with Gasteiger partial charge in [0, 0.05) is 25.2 Å². The molecule has 2 heterocycles. The summed E-state index contributed by atoms with van der Waals surface area (Å²) in [7, 11) is 0. The van der Waals surface area contributed by atoms with Gasteiger partial charge in [-0.15, -0.1) is 0 Å². The van der Waals surface area contributed by atoms with Crippen LogP contribution in [0, 0.1) is 11.8 Å². The van der Waals surface area contributed by atoms with Gasteiger partial charge in [0.15, 0.2) is 0 Å². The smallest absolute Gasteiger partial charge is 0.303 e. The van der Waals surface area contributed by atoms with Crippen molar-refractivity contribution in [3.63, 3.8) is 0 Å². The molecule has 2 aromatic rings. The van der Waals surface area contributed by atoms with Gasteiger partial charge in [-0.3, -0.25) is 9.59 Å². The number of nitrogens with zero attached hydrogens (tertiary/aromatic N) is 1. The molecule has 0 spiro atoms. The van der Waals surface area contributed by atoms with E-state index in [0.717, 1.165) is 80.1 Å². The number of rotatable bonds is 10. The second-order valence-corrected chi connectivity index (χ2v) is 12.1. The summed E-state index contributed by atoms with van der Waals surface area (Å²) < 4.78 is 6.18. The van der Waals surface area contributed by atoms with E-state index in [1.165, 1.54) is 0 Å². The van der Waals surface area contributed by atoms with Crippen LogP contribution in [0.3, 0.4) is 0 Å². The number of amides is 1. The Bertz CT molecular complexity index is 1120. The topological polar surface area (TPSA) is 99.1 Å². The molecule has 3 aliphatic rings. The van der Waals surface area contributed by atoms with E-state index in [-0.39, 0.29) is 30.0 Å². The van der Waals surface area contributed by atoms with Gasteiger partial charge < -0.3 is 25.2 Å². The van der Waals surface area contributed by atoms with Gasteiger partial charge in [-0.1, -0.05) is 12.1 Å². The minimum absolute atomic E-state index is 0.0602. The van der Waals surface area contributed by atoms with Crippen molar-refractivity contribution in [2.24, 2.45) is 11.8 Å². The maximum atomic E-state index is 13.1. The van der Waals surface area contributed by atoms with Crippen LogP contribution < -0.4 is 15.0 Å². The lowest BCUT2D eigenvalue weighted by Crippen LogP contribution is -2.40. The largest absolute Gasteiger partial charge is 0.508 e. The number of carboxylic acid groups (broad SMARTS) is 1. The van der Waals surface area contributed by atoms with E-state index in [4.69, 9.17) is 4.74 Å². The fraction of sp³-hybridized carbons (Fsp3) is 0.533. The molecule has 7 nitrogen and oxygen atoms in total. The molecule has 2 aliphatic heterocycles. The third-order valence-corrected chi connectivity index (χ3v) is 9.14. The molecule has 0 aromatic heterocycles. The van der Waals surface area contributed by atoms with Gasteiger partial charge in [-0.05, 0) is 97.6 Å². The van der Waals surface area contributed by atoms with E-state index < -0.39 is 5.97 Å². The Morgan fingerprint density at radius 1 is 1.03 bits per heavy atom. The second kappa shape index (κ2) is 12.3. The number of phenols is 1. The molecule has 0 bridgehead atoms. The fourth-order valence-corrected chi connectivity index (χ4v) is 6.82. The zero-order valence-electron chi connectivity index (χ0n) is 21.8. The summed E-state index contributed by atoms with van der Waals surface area (Å²) in [4.78, 5) is 26.7. The quantitative estimate of drug-likeness (QED) is 0.378. The maximum Gasteiger partial charge on any atom is 0.303 e. The summed E-state index contributed by atoms with van der Waals surface area (Å²) in [6.45, 7) is 2.19. The molecule has 3 N–H and O–H groups in total. The number of aliphatic carboxylic acids is 1. The summed E-state index contributed by atoms with van der Waals surface area (Å²) in [5, 5.41) is 22.7. The number of carbonyl (C=O) groups excluding carboxylic acids is 1. The number of hydrogen-bond donors (Lipinski definition) is 3. The van der Waals surface area contributed by atoms with E-state index in [1.54, 1.807) is 18.2 Å². The van der Waals surface area contributed by atoms with Crippen LogP contribution in [0.25, 0.3) is 0 Å². The molecular weight excluding hydrogens is 500 g/mol. The second-order valence-electron chi connectivity index (χ2n) is 10.9. The number of thioether (sulfide) groups is 1. The highest BCUT2D eigenvalue weighted by Crippen LogP contribution is 2.45. The molecule has 2 aromatic carbocycles. The number of hydrogen-bond acceptors (Lipinski definition) is 6. The molecule has 204 valence electrons. The number of ether oxygens (including phenoxy) is 1. The Kier molecular flexibility index (Phi) is 8.67. The molecule has 1 aliphatic carbocycles. The molecule has 5 rings (SSSR count). The molecule has 1 saturated carbocycles. The molecule has 1 unspecified atom stereocenters. The predicted molar refractivity (Wildman–Crippen MR) is 151 cm³/mol. The Hall–Kier alpha value is -2.87. The molecule has 1 amide bonds. The first kappa shape index (κ1) is 26.7. The molecule has 1 atom stereocenters. The predicted octanol–water partition coefficient (Wildman–Crippen LogP) is 5.28. The zero-order chi connectivity index (χ0) is 26.5. The lowest BCUT2D eigenvalue weighted by Gasteiger charge is -2.34. The fourth-order valence-electron chi connectivity index (χ4n) is 5.71. The number of carboxylic acids is 1. The third kappa shape index (κ3) is 6.95. The number of nitrogens with one attached hydrogen (secondary N) is 1. The summed E-state index contributed by atoms with van der Waals surface area (Å²) in [5.74, 6) is 3.24. The lowest BCUT2D eigenvalue weighted by atomic mass is 9.91. The molecule has 2 saturated heterocycles. The van der Waals surface area contributed by atoms with Crippen molar-refractivity contribution in [1.29, 1.82) is 0 Å². The minimum atomic E-state index is -0.750. The molecule has 0 radical (unpaired) electrons. The van der Waals surface area contributed by atoms with Crippen molar-refractivity contribution >= 4 is 29.3 Å². The van der Waals surface area contributed by atoms with Gasteiger partial charge in [0.05, 0.1) is 24.3 Å².